The number of carbonyl (C=O) groups excluding carboxylic acids is 1. The first kappa shape index (κ1) is 13.6. The first-order valence-corrected chi connectivity index (χ1v) is 6.63. The van der Waals surface area contributed by atoms with Crippen LogP contribution in [0.4, 0.5) is 5.82 Å². The maximum Gasteiger partial charge on any atom is 0.225 e. The highest BCUT2D eigenvalue weighted by atomic mass is 16.2. The SMILES string of the molecule is O=C(CC1CCCC1)Nc1cc(C#CCO)ccn1. The summed E-state index contributed by atoms with van der Waals surface area (Å²) in [5.74, 6) is 6.43. The van der Waals surface area contributed by atoms with Crippen LogP contribution in [0.3, 0.4) is 0 Å². The second-order valence-corrected chi connectivity index (χ2v) is 4.79. The zero-order valence-electron chi connectivity index (χ0n) is 10.9. The molecule has 2 rings (SSSR count). The number of nitrogens with one attached hydrogen (secondary N) is 1. The highest BCUT2D eigenvalue weighted by molar-refractivity contribution is 5.90. The van der Waals surface area contributed by atoms with Gasteiger partial charge in [-0.2, -0.15) is 0 Å². The Bertz CT molecular complexity index is 496. The summed E-state index contributed by atoms with van der Waals surface area (Å²) in [5.41, 5.74) is 0.736. The van der Waals surface area contributed by atoms with E-state index in [1.54, 1.807) is 18.3 Å². The molecule has 0 bridgehead atoms. The van der Waals surface area contributed by atoms with E-state index in [2.05, 4.69) is 22.1 Å². The van der Waals surface area contributed by atoms with E-state index >= 15 is 0 Å². The van der Waals surface area contributed by atoms with Gasteiger partial charge in [-0.1, -0.05) is 24.7 Å². The van der Waals surface area contributed by atoms with Gasteiger partial charge < -0.3 is 10.4 Å². The van der Waals surface area contributed by atoms with Crippen LogP contribution >= 0.6 is 0 Å². The Morgan fingerprint density at radius 1 is 1.47 bits per heavy atom. The van der Waals surface area contributed by atoms with Gasteiger partial charge in [-0.25, -0.2) is 4.98 Å². The molecule has 0 unspecified atom stereocenters. The van der Waals surface area contributed by atoms with Crippen LogP contribution in [-0.4, -0.2) is 22.6 Å². The Morgan fingerprint density at radius 2 is 2.26 bits per heavy atom. The molecule has 0 atom stereocenters. The minimum Gasteiger partial charge on any atom is -0.384 e. The molecule has 100 valence electrons. The van der Waals surface area contributed by atoms with Crippen molar-refractivity contribution < 1.29 is 9.90 Å². The number of aliphatic hydroxyl groups excluding tert-OH is 1. The number of nitrogens with zero attached hydrogens (tertiary/aromatic N) is 1. The van der Waals surface area contributed by atoms with Gasteiger partial charge in [-0.15, -0.1) is 0 Å². The van der Waals surface area contributed by atoms with Crippen LogP contribution in [0, 0.1) is 17.8 Å². The summed E-state index contributed by atoms with van der Waals surface area (Å²) in [7, 11) is 0. The van der Waals surface area contributed by atoms with Gasteiger partial charge in [0.05, 0.1) is 0 Å². The Labute approximate surface area is 113 Å². The molecular formula is C15H18N2O2. The molecule has 1 saturated carbocycles. The lowest BCUT2D eigenvalue weighted by Crippen LogP contribution is -2.15. The van der Waals surface area contributed by atoms with E-state index in [1.165, 1.54) is 12.8 Å². The van der Waals surface area contributed by atoms with Crippen LogP contribution < -0.4 is 5.32 Å². The van der Waals surface area contributed by atoms with Gasteiger partial charge in [0.1, 0.15) is 12.4 Å². The van der Waals surface area contributed by atoms with E-state index < -0.39 is 0 Å². The number of aliphatic hydroxyl groups is 1. The number of carbonyl (C=O) groups is 1. The quantitative estimate of drug-likeness (QED) is 0.814. The van der Waals surface area contributed by atoms with Crippen molar-refractivity contribution in [3.8, 4) is 11.8 Å². The molecule has 0 radical (unpaired) electrons. The van der Waals surface area contributed by atoms with E-state index in [0.717, 1.165) is 18.4 Å². The summed E-state index contributed by atoms with van der Waals surface area (Å²) in [6.45, 7) is -0.175. The monoisotopic (exact) mass is 258 g/mol. The minimum atomic E-state index is -0.175. The van der Waals surface area contributed by atoms with Crippen LogP contribution in [0.5, 0.6) is 0 Å². The average molecular weight is 258 g/mol. The molecule has 1 heterocycles. The molecule has 4 nitrogen and oxygen atoms in total. The maximum absolute atomic E-state index is 11.9. The summed E-state index contributed by atoms with van der Waals surface area (Å²) in [6, 6.07) is 3.46. The summed E-state index contributed by atoms with van der Waals surface area (Å²) in [6.07, 6.45) is 6.97. The second-order valence-electron chi connectivity index (χ2n) is 4.79. The third kappa shape index (κ3) is 4.38. The van der Waals surface area contributed by atoms with Crippen molar-refractivity contribution in [2.45, 2.75) is 32.1 Å². The van der Waals surface area contributed by atoms with Gasteiger partial charge in [0.2, 0.25) is 5.91 Å². The molecule has 1 aliphatic carbocycles. The van der Waals surface area contributed by atoms with Gasteiger partial charge >= 0.3 is 0 Å². The summed E-state index contributed by atoms with van der Waals surface area (Å²) < 4.78 is 0. The van der Waals surface area contributed by atoms with Crippen LogP contribution in [-0.2, 0) is 4.79 Å². The number of rotatable bonds is 3. The number of anilines is 1. The van der Waals surface area contributed by atoms with Crippen molar-refractivity contribution in [2.24, 2.45) is 5.92 Å². The molecule has 1 aromatic rings. The molecule has 19 heavy (non-hydrogen) atoms. The van der Waals surface area contributed by atoms with Gasteiger partial charge in [0, 0.05) is 18.2 Å². The minimum absolute atomic E-state index is 0.0201. The largest absolute Gasteiger partial charge is 0.384 e. The van der Waals surface area contributed by atoms with Crippen molar-refractivity contribution in [1.82, 2.24) is 4.98 Å². The fraction of sp³-hybridized carbons (Fsp3) is 0.467. The maximum atomic E-state index is 11.9. The third-order valence-corrected chi connectivity index (χ3v) is 3.29. The lowest BCUT2D eigenvalue weighted by molar-refractivity contribution is -0.117. The van der Waals surface area contributed by atoms with Gasteiger partial charge in [-0.05, 0) is 30.9 Å². The normalized spacial score (nSPS) is 14.8. The Morgan fingerprint density at radius 3 is 3.00 bits per heavy atom. The summed E-state index contributed by atoms with van der Waals surface area (Å²) in [5, 5.41) is 11.4. The molecule has 1 amide bonds. The van der Waals surface area contributed by atoms with Gasteiger partial charge in [0.15, 0.2) is 0 Å². The lowest BCUT2D eigenvalue weighted by atomic mass is 10.0. The number of hydrogen-bond donors (Lipinski definition) is 2. The number of aromatic nitrogens is 1. The topological polar surface area (TPSA) is 62.2 Å². The zero-order chi connectivity index (χ0) is 13.5. The molecule has 2 N–H and O–H groups in total. The molecular weight excluding hydrogens is 240 g/mol. The number of amides is 1. The van der Waals surface area contributed by atoms with Gasteiger partial charge in [-0.3, -0.25) is 4.79 Å². The molecule has 4 heteroatoms. The lowest BCUT2D eigenvalue weighted by Gasteiger charge is -2.09. The second kappa shape index (κ2) is 6.91. The van der Waals surface area contributed by atoms with E-state index in [1.807, 2.05) is 0 Å². The van der Waals surface area contributed by atoms with Crippen molar-refractivity contribution in [3.05, 3.63) is 23.9 Å². The van der Waals surface area contributed by atoms with E-state index in [0.29, 0.717) is 18.2 Å². The summed E-state index contributed by atoms with van der Waals surface area (Å²) in [4.78, 5) is 16.0. The van der Waals surface area contributed by atoms with E-state index in [4.69, 9.17) is 5.11 Å². The van der Waals surface area contributed by atoms with E-state index in [9.17, 15) is 4.79 Å². The van der Waals surface area contributed by atoms with Crippen LogP contribution in [0.1, 0.15) is 37.7 Å². The first-order chi connectivity index (χ1) is 9.28. The fourth-order valence-electron chi connectivity index (χ4n) is 2.39. The predicted octanol–water partition coefficient (Wildman–Crippen LogP) is 1.94. The average Bonchev–Trinajstić information content (AvgIpc) is 2.89. The number of hydrogen-bond acceptors (Lipinski definition) is 3. The molecule has 0 saturated heterocycles. The Hall–Kier alpha value is -1.86. The molecule has 0 aromatic carbocycles. The third-order valence-electron chi connectivity index (χ3n) is 3.29. The Kier molecular flexibility index (Phi) is 4.93. The highest BCUT2D eigenvalue weighted by Crippen LogP contribution is 2.27. The van der Waals surface area contributed by atoms with Crippen molar-refractivity contribution in [3.63, 3.8) is 0 Å². The molecule has 1 aliphatic rings. The first-order valence-electron chi connectivity index (χ1n) is 6.63. The smallest absolute Gasteiger partial charge is 0.225 e. The fourth-order valence-corrected chi connectivity index (χ4v) is 2.39. The van der Waals surface area contributed by atoms with Crippen molar-refractivity contribution in [2.75, 3.05) is 11.9 Å². The van der Waals surface area contributed by atoms with Crippen molar-refractivity contribution in [1.29, 1.82) is 0 Å². The molecule has 1 aromatic heterocycles. The molecule has 1 fully saturated rings. The Balaban J connectivity index is 1.92. The van der Waals surface area contributed by atoms with Crippen molar-refractivity contribution >= 4 is 11.7 Å². The van der Waals surface area contributed by atoms with Crippen LogP contribution in [0.15, 0.2) is 18.3 Å². The highest BCUT2D eigenvalue weighted by Gasteiger charge is 2.18. The molecule has 0 spiro atoms. The molecule has 0 aliphatic heterocycles. The van der Waals surface area contributed by atoms with E-state index in [-0.39, 0.29) is 12.5 Å². The zero-order valence-corrected chi connectivity index (χ0v) is 10.9. The standard InChI is InChI=1S/C15H18N2O2/c18-9-3-6-13-7-8-16-14(10-13)17-15(19)11-12-4-1-2-5-12/h7-8,10,12,18H,1-2,4-5,9,11H2,(H,16,17,19). The van der Waals surface area contributed by atoms with Gasteiger partial charge in [0.25, 0.3) is 0 Å². The van der Waals surface area contributed by atoms with Crippen LogP contribution in [0.25, 0.3) is 0 Å². The van der Waals surface area contributed by atoms with Crippen LogP contribution in [0.2, 0.25) is 0 Å². The predicted molar refractivity (Wildman–Crippen MR) is 73.4 cm³/mol. The summed E-state index contributed by atoms with van der Waals surface area (Å²) >= 11 is 0. The number of pyridine rings is 1.